The third kappa shape index (κ3) is 8.89. The molecule has 0 amide bonds. The number of hydrogen-bond donors (Lipinski definition) is 0. The van der Waals surface area contributed by atoms with Crippen molar-refractivity contribution in [1.82, 2.24) is 0 Å². The standard InChI is InChI=1S/C50H61B26N/c51-16-3-11(4-17(52)32(16)28-13-6-20(55)36(63)43(70)31(13)45(72)49(76)41(28)68)77(50-23(58)1-10(2-24(50)59)26-12-5-19(54)35(62)42(69)30(12)44(71)48(75)40(26)67)25-9-18(53)27(14-7-21(56)37(64)46(73)33(14)60)29(39(25)66)15-8-22(57)38(65)47(74)34(15)61/h1-9H,51-76H2. The van der Waals surface area contributed by atoms with Crippen molar-refractivity contribution in [2.75, 3.05) is 4.90 Å². The molecule has 77 heavy (non-hydrogen) atoms. The molecule has 0 spiro atoms. The van der Waals surface area contributed by atoms with E-state index in [1.54, 1.807) is 0 Å². The molecule has 9 aromatic rings. The summed E-state index contributed by atoms with van der Waals surface area (Å²) in [6.07, 6.45) is 0. The quantitative estimate of drug-likeness (QED) is 0.144. The molecule has 27 heteroatoms. The predicted molar refractivity (Wildman–Crippen MR) is 431 cm³/mol. The second-order valence-electron chi connectivity index (χ2n) is 24.3. The first-order chi connectivity index (χ1) is 36.0. The SMILES string of the molecule is Bc1cc(-c2c(B)cc(N(c3cc(B)c(-c4c(B)c(B)c(B)c5c(B)c(B)c(B)cc45)c(B)c3)c3c(B)cc(-c4c(B)c(B)c(B)c5c(B)c(B)c(B)cc45)cc3B)c(B)c2-c2cc(B)c(B)c(B)c2B)c(B)c(B)c1B. The molecular weight excluding hydrogens is 896 g/mol. The minimum absolute atomic E-state index is 1.18. The van der Waals surface area contributed by atoms with Crippen LogP contribution >= 0.6 is 0 Å². The first kappa shape index (κ1) is 56.7. The fraction of sp³-hybridized carbons (Fsp3) is 0. The van der Waals surface area contributed by atoms with Crippen LogP contribution in [0.1, 0.15) is 0 Å². The van der Waals surface area contributed by atoms with E-state index < -0.39 is 0 Å². The van der Waals surface area contributed by atoms with Gasteiger partial charge in [-0.3, -0.25) is 0 Å². The molecule has 0 radical (unpaired) electrons. The zero-order valence-electron chi connectivity index (χ0n) is 52.1. The summed E-state index contributed by atoms with van der Waals surface area (Å²) in [5.74, 6) is 0. The lowest BCUT2D eigenvalue weighted by Gasteiger charge is -2.35. The molecule has 0 fully saturated rings. The van der Waals surface area contributed by atoms with E-state index >= 15 is 0 Å². The fourth-order valence-electron chi connectivity index (χ4n) is 14.0. The summed E-state index contributed by atoms with van der Waals surface area (Å²) in [4.78, 5) is 2.65. The highest BCUT2D eigenvalue weighted by Crippen LogP contribution is 2.37. The minimum Gasteiger partial charge on any atom is -0.312 e. The smallest absolute Gasteiger partial charge is 0.142 e. The number of anilines is 3. The molecule has 1 nitrogen and oxygen atoms in total. The molecule has 0 aliphatic rings. The number of rotatable bonds is 7. The van der Waals surface area contributed by atoms with E-state index in [-0.39, 0.29) is 0 Å². The lowest BCUT2D eigenvalue weighted by Crippen LogP contribution is -2.49. The molecule has 0 bridgehead atoms. The van der Waals surface area contributed by atoms with Gasteiger partial charge in [-0.05, 0) is 84.3 Å². The summed E-state index contributed by atoms with van der Waals surface area (Å²) in [7, 11) is 60.5. The Balaban J connectivity index is 1.42. The maximum atomic E-state index is 2.65. The molecule has 0 aromatic heterocycles. The van der Waals surface area contributed by atoms with E-state index in [1.165, 1.54) is 225 Å². The van der Waals surface area contributed by atoms with Gasteiger partial charge in [0, 0.05) is 17.1 Å². The Morgan fingerprint density at radius 1 is 0.221 bits per heavy atom. The maximum absolute atomic E-state index is 2.65. The highest BCUT2D eigenvalue weighted by Gasteiger charge is 2.29. The third-order valence-electron chi connectivity index (χ3n) is 20.1. The van der Waals surface area contributed by atoms with Crippen LogP contribution in [-0.2, 0) is 0 Å². The normalized spacial score (nSPS) is 11.4. The zero-order valence-corrected chi connectivity index (χ0v) is 52.1. The monoisotopic (exact) mass is 962 g/mol. The summed E-state index contributed by atoms with van der Waals surface area (Å²) in [6, 6.07) is 22.4. The van der Waals surface area contributed by atoms with Crippen molar-refractivity contribution in [2.45, 2.75) is 0 Å². The van der Waals surface area contributed by atoms with Gasteiger partial charge >= 0.3 is 0 Å². The first-order valence-corrected chi connectivity index (χ1v) is 28.4. The average Bonchev–Trinajstić information content (AvgIpc) is 3.39. The van der Waals surface area contributed by atoms with Crippen molar-refractivity contribution >= 4 is 385 Å². The van der Waals surface area contributed by atoms with Crippen LogP contribution in [0.5, 0.6) is 0 Å². The number of benzene rings is 9. The van der Waals surface area contributed by atoms with Crippen molar-refractivity contribution in [2.24, 2.45) is 0 Å². The van der Waals surface area contributed by atoms with Crippen LogP contribution in [0.15, 0.2) is 54.6 Å². The van der Waals surface area contributed by atoms with Crippen LogP contribution in [0.4, 0.5) is 17.1 Å². The van der Waals surface area contributed by atoms with Gasteiger partial charge in [0.1, 0.15) is 204 Å². The molecule has 0 aliphatic heterocycles. The number of fused-ring (bicyclic) bond motifs is 2. The highest BCUT2D eigenvalue weighted by atomic mass is 15.1. The van der Waals surface area contributed by atoms with Gasteiger partial charge in [-0.25, -0.2) is 0 Å². The zero-order chi connectivity index (χ0) is 56.6. The largest absolute Gasteiger partial charge is 0.312 e. The van der Waals surface area contributed by atoms with Gasteiger partial charge in [-0.2, -0.15) is 0 Å². The van der Waals surface area contributed by atoms with Crippen LogP contribution in [0.25, 0.3) is 66.1 Å². The molecule has 0 saturated carbocycles. The van der Waals surface area contributed by atoms with Gasteiger partial charge in [-0.15, -0.1) is 43.7 Å². The summed E-state index contributed by atoms with van der Waals surface area (Å²) in [5, 5.41) is 5.52. The molecule has 0 atom stereocenters. The molecule has 9 aromatic carbocycles. The molecular formula is C50H61B26N. The van der Waals surface area contributed by atoms with Gasteiger partial charge in [0.05, 0.1) is 0 Å². The van der Waals surface area contributed by atoms with Crippen molar-refractivity contribution < 1.29 is 0 Å². The van der Waals surface area contributed by atoms with Crippen LogP contribution in [0, 0.1) is 0 Å². The van der Waals surface area contributed by atoms with Crippen LogP contribution in [0.3, 0.4) is 0 Å². The van der Waals surface area contributed by atoms with Gasteiger partial charge in [0.15, 0.2) is 0 Å². The molecule has 344 valence electrons. The molecule has 0 heterocycles. The lowest BCUT2D eigenvalue weighted by molar-refractivity contribution is 1.33. The molecule has 0 unspecified atom stereocenters. The molecule has 0 N–H and O–H groups in total. The Morgan fingerprint density at radius 3 is 1.03 bits per heavy atom. The topological polar surface area (TPSA) is 3.24 Å². The van der Waals surface area contributed by atoms with Crippen LogP contribution < -0.4 is 147 Å². The maximum Gasteiger partial charge on any atom is 0.142 e. The number of nitrogens with zero attached hydrogens (tertiary/aromatic N) is 1. The summed E-state index contributed by atoms with van der Waals surface area (Å²) in [5.41, 5.74) is 49.3. The third-order valence-corrected chi connectivity index (χ3v) is 20.1. The van der Waals surface area contributed by atoms with Gasteiger partial charge in [-0.1, -0.05) is 135 Å². The second-order valence-corrected chi connectivity index (χ2v) is 24.3. The molecule has 0 saturated heterocycles. The average molecular weight is 957 g/mol. The van der Waals surface area contributed by atoms with Crippen molar-refractivity contribution in [1.29, 1.82) is 0 Å². The molecule has 0 aliphatic carbocycles. The van der Waals surface area contributed by atoms with Crippen LogP contribution in [-0.4, -0.2) is 204 Å². The minimum atomic E-state index is 1.18. The summed E-state index contributed by atoms with van der Waals surface area (Å²) < 4.78 is 0. The van der Waals surface area contributed by atoms with E-state index in [0.717, 1.165) is 0 Å². The van der Waals surface area contributed by atoms with E-state index in [0.29, 0.717) is 0 Å². The Morgan fingerprint density at radius 2 is 0.571 bits per heavy atom. The van der Waals surface area contributed by atoms with E-state index in [9.17, 15) is 0 Å². The van der Waals surface area contributed by atoms with Crippen molar-refractivity contribution in [3.8, 4) is 44.5 Å². The van der Waals surface area contributed by atoms with Crippen molar-refractivity contribution in [3.63, 3.8) is 0 Å². The first-order valence-electron chi connectivity index (χ1n) is 28.4. The Labute approximate surface area is 485 Å². The molecule has 9 rings (SSSR count). The van der Waals surface area contributed by atoms with Gasteiger partial charge < -0.3 is 4.90 Å². The Bertz CT molecular complexity index is 4070. The lowest BCUT2D eigenvalue weighted by atomic mass is 9.61. The second kappa shape index (κ2) is 20.6. The Hall–Kier alpha value is -5.01. The van der Waals surface area contributed by atoms with E-state index in [1.807, 2.05) is 0 Å². The van der Waals surface area contributed by atoms with Gasteiger partial charge in [0.2, 0.25) is 0 Å². The Kier molecular flexibility index (Phi) is 15.2. The predicted octanol–water partition coefficient (Wildman–Crippen LogP) is -31.2. The highest BCUT2D eigenvalue weighted by molar-refractivity contribution is 6.71. The summed E-state index contributed by atoms with van der Waals surface area (Å²) in [6.45, 7) is 0. The fourth-order valence-corrected chi connectivity index (χ4v) is 14.0. The van der Waals surface area contributed by atoms with Crippen LogP contribution in [0.2, 0.25) is 0 Å². The summed E-state index contributed by atoms with van der Waals surface area (Å²) >= 11 is 0. The van der Waals surface area contributed by atoms with Crippen molar-refractivity contribution in [3.05, 3.63) is 54.6 Å². The van der Waals surface area contributed by atoms with E-state index in [4.69, 9.17) is 0 Å². The van der Waals surface area contributed by atoms with Gasteiger partial charge in [0.25, 0.3) is 0 Å². The number of hydrogen-bond acceptors (Lipinski definition) is 1. The van der Waals surface area contributed by atoms with E-state index in [2.05, 4.69) is 264 Å².